The van der Waals surface area contributed by atoms with E-state index in [1.807, 2.05) is 14.0 Å². The first-order valence-corrected chi connectivity index (χ1v) is 2.45. The van der Waals surface area contributed by atoms with Gasteiger partial charge in [-0.3, -0.25) is 0 Å². The van der Waals surface area contributed by atoms with Crippen molar-refractivity contribution in [1.82, 2.24) is 4.90 Å². The maximum Gasteiger partial charge on any atom is 0.0784 e. The third-order valence-electron chi connectivity index (χ3n) is 0.771. The van der Waals surface area contributed by atoms with Crippen LogP contribution < -0.4 is 0 Å². The minimum atomic E-state index is 0.843. The molecule has 0 unspecified atom stereocenters. The molecule has 40 valence electrons. The second kappa shape index (κ2) is 2.75. The molecule has 0 aliphatic heterocycles. The Morgan fingerprint density at radius 1 is 1.86 bits per heavy atom. The zero-order valence-electron chi connectivity index (χ0n) is 4.64. The summed E-state index contributed by atoms with van der Waals surface area (Å²) in [6.07, 6.45) is 1.68. The smallest absolute Gasteiger partial charge is 0.0784 e. The molecule has 0 fully saturated rings. The van der Waals surface area contributed by atoms with Gasteiger partial charge in [0, 0.05) is 7.05 Å². The van der Waals surface area contributed by atoms with Crippen molar-refractivity contribution in [2.24, 2.45) is 0 Å². The van der Waals surface area contributed by atoms with Crippen LogP contribution in [0.5, 0.6) is 0 Å². The first-order chi connectivity index (χ1) is 3.18. The fourth-order valence-corrected chi connectivity index (χ4v) is 0.203. The molecule has 0 saturated carbocycles. The Kier molecular flexibility index (Phi) is 2.60. The molecule has 0 aromatic carbocycles. The fourth-order valence-electron chi connectivity index (χ4n) is 0.129. The topological polar surface area (TPSA) is 3.24 Å². The SMILES string of the molecule is C=CN(C)C(C)=S. The lowest BCUT2D eigenvalue weighted by Crippen LogP contribution is -2.13. The van der Waals surface area contributed by atoms with Gasteiger partial charge in [-0.25, -0.2) is 0 Å². The Balaban J connectivity index is 3.55. The van der Waals surface area contributed by atoms with Crippen LogP contribution in [0, 0.1) is 0 Å². The van der Waals surface area contributed by atoms with E-state index < -0.39 is 0 Å². The number of thiocarbonyl (C=S) groups is 1. The van der Waals surface area contributed by atoms with Crippen LogP contribution in [0.25, 0.3) is 0 Å². The van der Waals surface area contributed by atoms with E-state index in [0.717, 1.165) is 4.99 Å². The van der Waals surface area contributed by atoms with E-state index in [0.29, 0.717) is 0 Å². The first-order valence-electron chi connectivity index (χ1n) is 2.04. The number of rotatable bonds is 1. The molecule has 0 N–H and O–H groups in total. The van der Waals surface area contributed by atoms with Gasteiger partial charge in [0.2, 0.25) is 0 Å². The van der Waals surface area contributed by atoms with Gasteiger partial charge in [0.1, 0.15) is 0 Å². The van der Waals surface area contributed by atoms with Crippen molar-refractivity contribution in [2.45, 2.75) is 6.92 Å². The molecule has 2 heteroatoms. The lowest BCUT2D eigenvalue weighted by molar-refractivity contribution is 0.701. The van der Waals surface area contributed by atoms with Crippen LogP contribution in [-0.2, 0) is 0 Å². The van der Waals surface area contributed by atoms with E-state index in [1.54, 1.807) is 11.1 Å². The van der Waals surface area contributed by atoms with Gasteiger partial charge in [0.05, 0.1) is 4.99 Å². The van der Waals surface area contributed by atoms with Crippen LogP contribution in [0.1, 0.15) is 6.92 Å². The monoisotopic (exact) mass is 115 g/mol. The molecule has 0 atom stereocenters. The molecule has 1 nitrogen and oxygen atoms in total. The predicted molar refractivity (Wildman–Crippen MR) is 36.2 cm³/mol. The van der Waals surface area contributed by atoms with E-state index in [4.69, 9.17) is 12.2 Å². The van der Waals surface area contributed by atoms with Gasteiger partial charge in [-0.15, -0.1) is 0 Å². The molecule has 0 amide bonds. The minimum absolute atomic E-state index is 0.843. The molecule has 0 bridgehead atoms. The summed E-state index contributed by atoms with van der Waals surface area (Å²) < 4.78 is 0. The van der Waals surface area contributed by atoms with Crippen LogP contribution in [0.4, 0.5) is 0 Å². The molecule has 0 aliphatic rings. The van der Waals surface area contributed by atoms with Gasteiger partial charge >= 0.3 is 0 Å². The second-order valence-corrected chi connectivity index (χ2v) is 1.90. The summed E-state index contributed by atoms with van der Waals surface area (Å²) in [5.74, 6) is 0. The minimum Gasteiger partial charge on any atom is -0.347 e. The average molecular weight is 115 g/mol. The van der Waals surface area contributed by atoms with Gasteiger partial charge < -0.3 is 4.90 Å². The van der Waals surface area contributed by atoms with E-state index in [1.165, 1.54) is 0 Å². The molecule has 0 heterocycles. The van der Waals surface area contributed by atoms with E-state index in [2.05, 4.69) is 6.58 Å². The summed E-state index contributed by atoms with van der Waals surface area (Å²) >= 11 is 4.77. The van der Waals surface area contributed by atoms with Crippen LogP contribution in [0.3, 0.4) is 0 Å². The lowest BCUT2D eigenvalue weighted by atomic mass is 10.6. The van der Waals surface area contributed by atoms with E-state index in [-0.39, 0.29) is 0 Å². The second-order valence-electron chi connectivity index (χ2n) is 1.31. The molecule has 0 saturated heterocycles. The Hall–Kier alpha value is -0.370. The van der Waals surface area contributed by atoms with Gasteiger partial charge in [-0.2, -0.15) is 0 Å². The highest BCUT2D eigenvalue weighted by Crippen LogP contribution is 1.83. The lowest BCUT2D eigenvalue weighted by Gasteiger charge is -2.08. The largest absolute Gasteiger partial charge is 0.347 e. The Morgan fingerprint density at radius 3 is 2.29 bits per heavy atom. The van der Waals surface area contributed by atoms with Crippen molar-refractivity contribution < 1.29 is 0 Å². The van der Waals surface area contributed by atoms with E-state index in [9.17, 15) is 0 Å². The molecule has 0 aromatic heterocycles. The molecular formula is C5H9NS. The van der Waals surface area contributed by atoms with Gasteiger partial charge in [-0.05, 0) is 13.1 Å². The molecule has 0 aromatic rings. The first kappa shape index (κ1) is 6.63. The van der Waals surface area contributed by atoms with Gasteiger partial charge in [0.25, 0.3) is 0 Å². The zero-order chi connectivity index (χ0) is 5.86. The molecule has 0 aliphatic carbocycles. The van der Waals surface area contributed by atoms with Gasteiger partial charge in [0.15, 0.2) is 0 Å². The van der Waals surface area contributed by atoms with Crippen molar-refractivity contribution >= 4 is 17.2 Å². The highest BCUT2D eigenvalue weighted by molar-refractivity contribution is 7.80. The molecule has 7 heavy (non-hydrogen) atoms. The Labute approximate surface area is 49.6 Å². The summed E-state index contributed by atoms with van der Waals surface area (Å²) in [7, 11) is 1.87. The van der Waals surface area contributed by atoms with Crippen molar-refractivity contribution in [3.8, 4) is 0 Å². The van der Waals surface area contributed by atoms with Crippen molar-refractivity contribution in [2.75, 3.05) is 7.05 Å². The van der Waals surface area contributed by atoms with E-state index >= 15 is 0 Å². The summed E-state index contributed by atoms with van der Waals surface area (Å²) in [6, 6.07) is 0. The molecule has 0 rings (SSSR count). The summed E-state index contributed by atoms with van der Waals surface area (Å²) in [6.45, 7) is 5.38. The Morgan fingerprint density at radius 2 is 2.29 bits per heavy atom. The molecule has 0 spiro atoms. The van der Waals surface area contributed by atoms with Crippen LogP contribution in [0.15, 0.2) is 12.8 Å². The van der Waals surface area contributed by atoms with Crippen molar-refractivity contribution in [3.63, 3.8) is 0 Å². The number of hydrogen-bond acceptors (Lipinski definition) is 1. The quantitative estimate of drug-likeness (QED) is 0.475. The summed E-state index contributed by atoms with van der Waals surface area (Å²) in [4.78, 5) is 2.63. The normalized spacial score (nSPS) is 7.71. The molecule has 0 radical (unpaired) electrons. The fraction of sp³-hybridized carbons (Fsp3) is 0.400. The third-order valence-corrected chi connectivity index (χ3v) is 1.06. The predicted octanol–water partition coefficient (Wildman–Crippen LogP) is 1.41. The summed E-state index contributed by atoms with van der Waals surface area (Å²) in [5, 5.41) is 0. The molecular weight excluding hydrogens is 106 g/mol. The number of hydrogen-bond donors (Lipinski definition) is 0. The standard InChI is InChI=1S/C5H9NS/c1-4-6(3)5(2)7/h4H,1H2,2-3H3. The highest BCUT2D eigenvalue weighted by atomic mass is 32.1. The maximum absolute atomic E-state index is 4.77. The van der Waals surface area contributed by atoms with Crippen molar-refractivity contribution in [3.05, 3.63) is 12.8 Å². The third kappa shape index (κ3) is 2.34. The van der Waals surface area contributed by atoms with Crippen LogP contribution in [0.2, 0.25) is 0 Å². The van der Waals surface area contributed by atoms with Crippen molar-refractivity contribution in [1.29, 1.82) is 0 Å². The summed E-state index contributed by atoms with van der Waals surface area (Å²) in [5.41, 5.74) is 0. The maximum atomic E-state index is 4.77. The average Bonchev–Trinajstić information content (AvgIpc) is 1.65. The zero-order valence-corrected chi connectivity index (χ0v) is 5.46. The number of nitrogens with zero attached hydrogens (tertiary/aromatic N) is 1. The van der Waals surface area contributed by atoms with Crippen LogP contribution in [-0.4, -0.2) is 16.9 Å². The highest BCUT2D eigenvalue weighted by Gasteiger charge is 1.85. The Bertz CT molecular complexity index is 88.1. The van der Waals surface area contributed by atoms with Crippen LogP contribution >= 0.6 is 12.2 Å². The van der Waals surface area contributed by atoms with Gasteiger partial charge in [-0.1, -0.05) is 18.8 Å².